The van der Waals surface area contributed by atoms with Gasteiger partial charge in [0.05, 0.1) is 6.10 Å². The molecular weight excluding hydrogens is 296 g/mol. The fourth-order valence-corrected chi connectivity index (χ4v) is 3.35. The van der Waals surface area contributed by atoms with Crippen LogP contribution >= 0.6 is 0 Å². The van der Waals surface area contributed by atoms with Crippen molar-refractivity contribution in [1.29, 1.82) is 0 Å². The van der Waals surface area contributed by atoms with Gasteiger partial charge in [0.25, 0.3) is 0 Å². The largest absolute Gasteiger partial charge is 0.465 e. The van der Waals surface area contributed by atoms with E-state index < -0.39 is 0 Å². The summed E-state index contributed by atoms with van der Waals surface area (Å²) < 4.78 is 11.9. The first-order valence-corrected chi connectivity index (χ1v) is 9.73. The van der Waals surface area contributed by atoms with E-state index in [4.69, 9.17) is 9.47 Å². The molecular formula is C22H38O2. The molecule has 0 aliphatic rings. The highest BCUT2D eigenvalue weighted by Gasteiger charge is 2.25. The van der Waals surface area contributed by atoms with Crippen LogP contribution in [0.25, 0.3) is 0 Å². The maximum atomic E-state index is 5.99. The van der Waals surface area contributed by atoms with E-state index in [1.54, 1.807) is 0 Å². The molecule has 1 aromatic carbocycles. The van der Waals surface area contributed by atoms with Crippen LogP contribution in [0.1, 0.15) is 92.1 Å². The first-order chi connectivity index (χ1) is 11.3. The molecule has 2 heteroatoms. The van der Waals surface area contributed by atoms with Crippen molar-refractivity contribution in [2.45, 2.75) is 98.9 Å². The van der Waals surface area contributed by atoms with Crippen LogP contribution in [-0.2, 0) is 4.74 Å². The van der Waals surface area contributed by atoms with Crippen molar-refractivity contribution in [3.8, 4) is 5.75 Å². The zero-order valence-corrected chi connectivity index (χ0v) is 16.9. The summed E-state index contributed by atoms with van der Waals surface area (Å²) in [5.41, 5.74) is 1.69. The molecule has 24 heavy (non-hydrogen) atoms. The van der Waals surface area contributed by atoms with Gasteiger partial charge in [0.15, 0.2) is 6.29 Å². The Morgan fingerprint density at radius 3 is 1.96 bits per heavy atom. The van der Waals surface area contributed by atoms with E-state index in [2.05, 4.69) is 65.8 Å². The van der Waals surface area contributed by atoms with E-state index in [1.807, 2.05) is 6.92 Å². The van der Waals surface area contributed by atoms with E-state index in [-0.39, 0.29) is 11.7 Å². The summed E-state index contributed by atoms with van der Waals surface area (Å²) in [5, 5.41) is 0. The van der Waals surface area contributed by atoms with E-state index in [0.29, 0.717) is 12.0 Å². The number of ether oxygens (including phenoxy) is 2. The normalized spacial score (nSPS) is 15.8. The summed E-state index contributed by atoms with van der Waals surface area (Å²) >= 11 is 0. The van der Waals surface area contributed by atoms with Crippen LogP contribution in [-0.4, -0.2) is 12.4 Å². The van der Waals surface area contributed by atoms with Crippen LogP contribution in [0, 0.1) is 5.41 Å². The second-order valence-corrected chi connectivity index (χ2v) is 7.92. The monoisotopic (exact) mass is 334 g/mol. The molecule has 0 bridgehead atoms. The quantitative estimate of drug-likeness (QED) is 0.432. The topological polar surface area (TPSA) is 18.5 Å². The molecule has 0 aliphatic heterocycles. The Bertz CT molecular complexity index is 444. The molecule has 0 aromatic heterocycles. The fourth-order valence-electron chi connectivity index (χ4n) is 3.35. The van der Waals surface area contributed by atoms with Crippen LogP contribution < -0.4 is 4.74 Å². The van der Waals surface area contributed by atoms with Gasteiger partial charge in [0.2, 0.25) is 0 Å². The van der Waals surface area contributed by atoms with Gasteiger partial charge in [-0.15, -0.1) is 0 Å². The third-order valence-corrected chi connectivity index (χ3v) is 4.66. The minimum absolute atomic E-state index is 0.207. The highest BCUT2D eigenvalue weighted by Crippen LogP contribution is 2.39. The summed E-state index contributed by atoms with van der Waals surface area (Å²) in [7, 11) is 0. The zero-order valence-electron chi connectivity index (χ0n) is 16.9. The van der Waals surface area contributed by atoms with Gasteiger partial charge >= 0.3 is 0 Å². The van der Waals surface area contributed by atoms with Gasteiger partial charge < -0.3 is 9.47 Å². The molecule has 138 valence electrons. The lowest BCUT2D eigenvalue weighted by Crippen LogP contribution is -2.24. The molecule has 0 radical (unpaired) electrons. The van der Waals surface area contributed by atoms with Gasteiger partial charge in [-0.2, -0.15) is 0 Å². The van der Waals surface area contributed by atoms with Crippen molar-refractivity contribution >= 4 is 0 Å². The summed E-state index contributed by atoms with van der Waals surface area (Å²) in [6.07, 6.45) is 5.78. The van der Waals surface area contributed by atoms with Crippen molar-refractivity contribution in [2.24, 2.45) is 5.41 Å². The van der Waals surface area contributed by atoms with Gasteiger partial charge in [0, 0.05) is 0 Å². The molecule has 0 amide bonds. The maximum absolute atomic E-state index is 5.99. The lowest BCUT2D eigenvalue weighted by Gasteiger charge is -2.31. The van der Waals surface area contributed by atoms with Crippen molar-refractivity contribution < 1.29 is 9.47 Å². The Morgan fingerprint density at radius 1 is 0.917 bits per heavy atom. The minimum atomic E-state index is -0.207. The molecule has 0 heterocycles. The predicted octanol–water partition coefficient (Wildman–Crippen LogP) is 6.94. The van der Waals surface area contributed by atoms with Gasteiger partial charge in [0.1, 0.15) is 5.75 Å². The molecule has 0 saturated heterocycles. The van der Waals surface area contributed by atoms with Crippen LogP contribution in [0.2, 0.25) is 0 Å². The van der Waals surface area contributed by atoms with Crippen molar-refractivity contribution in [3.63, 3.8) is 0 Å². The Morgan fingerprint density at radius 2 is 1.50 bits per heavy atom. The van der Waals surface area contributed by atoms with Crippen LogP contribution in [0.5, 0.6) is 5.75 Å². The molecule has 1 aromatic rings. The number of benzene rings is 1. The zero-order chi connectivity index (χ0) is 18.2. The Hall–Kier alpha value is -1.02. The van der Waals surface area contributed by atoms with E-state index in [9.17, 15) is 0 Å². The summed E-state index contributed by atoms with van der Waals surface area (Å²) in [6, 6.07) is 8.61. The molecule has 2 nitrogen and oxygen atoms in total. The molecule has 0 fully saturated rings. The van der Waals surface area contributed by atoms with E-state index in [1.165, 1.54) is 18.4 Å². The van der Waals surface area contributed by atoms with E-state index >= 15 is 0 Å². The average molecular weight is 335 g/mol. The van der Waals surface area contributed by atoms with Crippen molar-refractivity contribution in [3.05, 3.63) is 29.8 Å². The third-order valence-electron chi connectivity index (χ3n) is 4.66. The standard InChI is InChI=1S/C22H38O2/c1-8-11-19(10-3)23-17(4)24-20-15-13-18(14-16-20)21(12-9-2)22(5,6)7/h13-17,19,21H,8-12H2,1-7H3. The lowest BCUT2D eigenvalue weighted by molar-refractivity contribution is -0.110. The van der Waals surface area contributed by atoms with Crippen LogP contribution in [0.15, 0.2) is 24.3 Å². The van der Waals surface area contributed by atoms with Gasteiger partial charge in [-0.25, -0.2) is 0 Å². The molecule has 0 spiro atoms. The highest BCUT2D eigenvalue weighted by molar-refractivity contribution is 5.30. The lowest BCUT2D eigenvalue weighted by atomic mass is 9.74. The number of hydrogen-bond acceptors (Lipinski definition) is 2. The first kappa shape index (κ1) is 21.0. The number of rotatable bonds is 10. The second-order valence-electron chi connectivity index (χ2n) is 7.92. The summed E-state index contributed by atoms with van der Waals surface area (Å²) in [6.45, 7) is 15.6. The van der Waals surface area contributed by atoms with Gasteiger partial charge in [-0.3, -0.25) is 0 Å². The van der Waals surface area contributed by atoms with Crippen LogP contribution in [0.3, 0.4) is 0 Å². The van der Waals surface area contributed by atoms with Gasteiger partial charge in [-0.05, 0) is 55.2 Å². The SMILES string of the molecule is CCCC(CC)OC(C)Oc1ccc(C(CCC)C(C)(C)C)cc1. The summed E-state index contributed by atoms with van der Waals surface area (Å²) in [5.74, 6) is 1.47. The Balaban J connectivity index is 2.69. The van der Waals surface area contributed by atoms with Crippen molar-refractivity contribution in [2.75, 3.05) is 0 Å². The highest BCUT2D eigenvalue weighted by atomic mass is 16.7. The summed E-state index contributed by atoms with van der Waals surface area (Å²) in [4.78, 5) is 0. The van der Waals surface area contributed by atoms with Crippen LogP contribution in [0.4, 0.5) is 0 Å². The molecule has 0 saturated carbocycles. The third kappa shape index (κ3) is 6.84. The second kappa shape index (κ2) is 10.1. The maximum Gasteiger partial charge on any atom is 0.197 e. The van der Waals surface area contributed by atoms with E-state index in [0.717, 1.165) is 25.0 Å². The minimum Gasteiger partial charge on any atom is -0.465 e. The Labute approximate surface area is 149 Å². The predicted molar refractivity (Wildman–Crippen MR) is 104 cm³/mol. The van der Waals surface area contributed by atoms with Gasteiger partial charge in [-0.1, -0.05) is 66.5 Å². The van der Waals surface area contributed by atoms with Crippen molar-refractivity contribution in [1.82, 2.24) is 0 Å². The molecule has 0 aliphatic carbocycles. The molecule has 3 atom stereocenters. The Kier molecular flexibility index (Phi) is 8.83. The molecule has 1 rings (SSSR count). The number of hydrogen-bond donors (Lipinski definition) is 0. The first-order valence-electron chi connectivity index (χ1n) is 9.73. The fraction of sp³-hybridized carbons (Fsp3) is 0.727. The molecule has 3 unspecified atom stereocenters. The smallest absolute Gasteiger partial charge is 0.197 e. The molecule has 0 N–H and O–H groups in total. The average Bonchev–Trinajstić information content (AvgIpc) is 2.52.